The van der Waals surface area contributed by atoms with Crippen LogP contribution >= 0.6 is 12.4 Å². The van der Waals surface area contributed by atoms with E-state index in [1.807, 2.05) is 0 Å². The predicted octanol–water partition coefficient (Wildman–Crippen LogP) is 1.86. The van der Waals surface area contributed by atoms with Gasteiger partial charge in [-0.05, 0) is 17.7 Å². The number of methoxy groups -OCH3 is 1. The van der Waals surface area contributed by atoms with Gasteiger partial charge in [-0.25, -0.2) is 9.18 Å². The highest BCUT2D eigenvalue weighted by molar-refractivity contribution is 5.89. The van der Waals surface area contributed by atoms with Crippen molar-refractivity contribution in [2.24, 2.45) is 5.73 Å². The quantitative estimate of drug-likeness (QED) is 0.811. The van der Waals surface area contributed by atoms with Crippen LogP contribution in [-0.2, 0) is 4.74 Å². The fourth-order valence-electron chi connectivity index (χ4n) is 1.10. The van der Waals surface area contributed by atoms with Gasteiger partial charge in [0, 0.05) is 0 Å². The molecule has 5 heteroatoms. The zero-order chi connectivity index (χ0) is 10.6. The molecule has 1 aromatic rings. The van der Waals surface area contributed by atoms with Gasteiger partial charge in [0.2, 0.25) is 0 Å². The normalized spacial score (nSPS) is 11.4. The van der Waals surface area contributed by atoms with E-state index in [9.17, 15) is 9.18 Å². The highest BCUT2D eigenvalue weighted by atomic mass is 35.5. The number of rotatable bonds is 3. The highest BCUT2D eigenvalue weighted by Gasteiger charge is 2.09. The summed E-state index contributed by atoms with van der Waals surface area (Å²) in [5.41, 5.74) is 6.45. The Morgan fingerprint density at radius 3 is 2.80 bits per heavy atom. The first-order valence-electron chi connectivity index (χ1n) is 4.19. The molecule has 15 heavy (non-hydrogen) atoms. The van der Waals surface area contributed by atoms with E-state index in [0.717, 1.165) is 0 Å². The van der Waals surface area contributed by atoms with Crippen molar-refractivity contribution < 1.29 is 13.9 Å². The third kappa shape index (κ3) is 3.49. The van der Waals surface area contributed by atoms with E-state index in [4.69, 9.17) is 5.73 Å². The van der Waals surface area contributed by atoms with Crippen LogP contribution in [0.2, 0.25) is 0 Å². The smallest absolute Gasteiger partial charge is 0.337 e. The van der Waals surface area contributed by atoms with Crippen molar-refractivity contribution in [1.82, 2.24) is 0 Å². The third-order valence-corrected chi connectivity index (χ3v) is 1.90. The van der Waals surface area contributed by atoms with Crippen LogP contribution in [0.4, 0.5) is 4.39 Å². The van der Waals surface area contributed by atoms with Crippen LogP contribution in [0, 0.1) is 0 Å². The molecule has 0 bridgehead atoms. The van der Waals surface area contributed by atoms with Crippen molar-refractivity contribution in [2.75, 3.05) is 13.8 Å². The average Bonchev–Trinajstić information content (AvgIpc) is 2.27. The Morgan fingerprint density at radius 1 is 1.60 bits per heavy atom. The second kappa shape index (κ2) is 6.37. The topological polar surface area (TPSA) is 52.3 Å². The Hall–Kier alpha value is -1.13. The second-order valence-electron chi connectivity index (χ2n) is 2.88. The Morgan fingerprint density at radius 2 is 2.27 bits per heavy atom. The summed E-state index contributed by atoms with van der Waals surface area (Å²) in [5, 5.41) is 0. The molecule has 0 spiro atoms. The van der Waals surface area contributed by atoms with Gasteiger partial charge in [-0.15, -0.1) is 12.4 Å². The molecule has 84 valence electrons. The molecule has 1 rings (SSSR count). The van der Waals surface area contributed by atoms with Gasteiger partial charge in [0.25, 0.3) is 0 Å². The van der Waals surface area contributed by atoms with Crippen LogP contribution < -0.4 is 5.73 Å². The average molecular weight is 234 g/mol. The summed E-state index contributed by atoms with van der Waals surface area (Å²) in [6, 6.07) is 5.78. The van der Waals surface area contributed by atoms with E-state index in [1.165, 1.54) is 13.2 Å². The molecule has 2 N–H and O–H groups in total. The van der Waals surface area contributed by atoms with Crippen LogP contribution in [0.1, 0.15) is 22.0 Å². The first-order chi connectivity index (χ1) is 6.69. The molecule has 0 aromatic heterocycles. The molecular weight excluding hydrogens is 221 g/mol. The van der Waals surface area contributed by atoms with Crippen molar-refractivity contribution >= 4 is 18.4 Å². The maximum atomic E-state index is 12.2. The van der Waals surface area contributed by atoms with Gasteiger partial charge in [0.05, 0.1) is 18.7 Å². The van der Waals surface area contributed by atoms with E-state index in [1.54, 1.807) is 18.2 Å². The SMILES string of the molecule is COC(=O)c1cccc([C@H](N)CF)c1.Cl. The minimum Gasteiger partial charge on any atom is -0.465 e. The predicted molar refractivity (Wildman–Crippen MR) is 57.9 cm³/mol. The number of esters is 1. The fraction of sp³-hybridized carbons (Fsp3) is 0.300. The minimum absolute atomic E-state index is 0. The van der Waals surface area contributed by atoms with Crippen molar-refractivity contribution in [3.63, 3.8) is 0 Å². The standard InChI is InChI=1S/C10H12FNO2.ClH/c1-14-10(13)8-4-2-3-7(5-8)9(12)6-11;/h2-5,9H,6,12H2,1H3;1H/t9-;/m1./s1. The molecule has 3 nitrogen and oxygen atoms in total. The molecule has 0 saturated heterocycles. The summed E-state index contributed by atoms with van der Waals surface area (Å²) in [7, 11) is 1.30. The number of ether oxygens (including phenoxy) is 1. The molecular formula is C10H13ClFNO2. The van der Waals surface area contributed by atoms with Crippen molar-refractivity contribution in [3.05, 3.63) is 35.4 Å². The van der Waals surface area contributed by atoms with Gasteiger partial charge in [0.15, 0.2) is 0 Å². The Kier molecular flexibility index (Phi) is 5.89. The number of nitrogens with two attached hydrogens (primary N) is 1. The Labute approximate surface area is 93.8 Å². The maximum absolute atomic E-state index is 12.2. The Bertz CT molecular complexity index is 333. The largest absolute Gasteiger partial charge is 0.465 e. The minimum atomic E-state index is -0.681. The number of benzene rings is 1. The molecule has 0 unspecified atom stereocenters. The molecule has 0 amide bonds. The third-order valence-electron chi connectivity index (χ3n) is 1.90. The van der Waals surface area contributed by atoms with E-state index in [0.29, 0.717) is 11.1 Å². The number of alkyl halides is 1. The van der Waals surface area contributed by atoms with Gasteiger partial charge in [-0.1, -0.05) is 12.1 Å². The zero-order valence-electron chi connectivity index (χ0n) is 8.27. The number of hydrogen-bond acceptors (Lipinski definition) is 3. The maximum Gasteiger partial charge on any atom is 0.337 e. The molecule has 0 heterocycles. The van der Waals surface area contributed by atoms with Crippen LogP contribution in [-0.4, -0.2) is 19.8 Å². The number of halogens is 2. The lowest BCUT2D eigenvalue weighted by atomic mass is 10.1. The van der Waals surface area contributed by atoms with Crippen LogP contribution in [0.5, 0.6) is 0 Å². The lowest BCUT2D eigenvalue weighted by Gasteiger charge is -2.08. The van der Waals surface area contributed by atoms with Gasteiger partial charge in [-0.3, -0.25) is 0 Å². The van der Waals surface area contributed by atoms with Gasteiger partial charge < -0.3 is 10.5 Å². The lowest BCUT2D eigenvalue weighted by molar-refractivity contribution is 0.0600. The summed E-state index contributed by atoms with van der Waals surface area (Å²) in [5.74, 6) is -0.446. The van der Waals surface area contributed by atoms with E-state index >= 15 is 0 Å². The number of carbonyl (C=O) groups is 1. The second-order valence-corrected chi connectivity index (χ2v) is 2.88. The Balaban J connectivity index is 0.00000196. The summed E-state index contributed by atoms with van der Waals surface area (Å²) >= 11 is 0. The zero-order valence-corrected chi connectivity index (χ0v) is 9.09. The fourth-order valence-corrected chi connectivity index (χ4v) is 1.10. The molecule has 0 aliphatic heterocycles. The molecule has 0 radical (unpaired) electrons. The molecule has 0 fully saturated rings. The van der Waals surface area contributed by atoms with Crippen LogP contribution in [0.3, 0.4) is 0 Å². The number of hydrogen-bond donors (Lipinski definition) is 1. The summed E-state index contributed by atoms with van der Waals surface area (Å²) in [4.78, 5) is 11.1. The number of carbonyl (C=O) groups excluding carboxylic acids is 1. The van der Waals surface area contributed by atoms with Crippen LogP contribution in [0.25, 0.3) is 0 Å². The lowest BCUT2D eigenvalue weighted by Crippen LogP contribution is -2.13. The molecule has 0 aliphatic carbocycles. The molecule has 1 atom stereocenters. The highest BCUT2D eigenvalue weighted by Crippen LogP contribution is 2.13. The van der Waals surface area contributed by atoms with Crippen LogP contribution in [0.15, 0.2) is 24.3 Å². The summed E-state index contributed by atoms with van der Waals surface area (Å²) < 4.78 is 16.8. The monoisotopic (exact) mass is 233 g/mol. The molecule has 0 aliphatic rings. The van der Waals surface area contributed by atoms with Gasteiger partial charge >= 0.3 is 5.97 Å². The molecule has 1 aromatic carbocycles. The first-order valence-corrected chi connectivity index (χ1v) is 4.19. The molecule has 0 saturated carbocycles. The van der Waals surface area contributed by atoms with E-state index in [2.05, 4.69) is 4.74 Å². The summed E-state index contributed by atoms with van der Waals surface area (Å²) in [6.07, 6.45) is 0. The van der Waals surface area contributed by atoms with Gasteiger partial charge in [0.1, 0.15) is 6.67 Å². The first kappa shape index (κ1) is 13.9. The van der Waals surface area contributed by atoms with Gasteiger partial charge in [-0.2, -0.15) is 0 Å². The van der Waals surface area contributed by atoms with Crippen molar-refractivity contribution in [3.8, 4) is 0 Å². The van der Waals surface area contributed by atoms with Crippen molar-refractivity contribution in [1.29, 1.82) is 0 Å². The van der Waals surface area contributed by atoms with E-state index in [-0.39, 0.29) is 12.4 Å². The van der Waals surface area contributed by atoms with E-state index < -0.39 is 18.7 Å². The van der Waals surface area contributed by atoms with Crippen molar-refractivity contribution in [2.45, 2.75) is 6.04 Å². The summed E-state index contributed by atoms with van der Waals surface area (Å²) in [6.45, 7) is -0.648.